The van der Waals surface area contributed by atoms with Gasteiger partial charge in [0.05, 0.1) is 11.0 Å². The zero-order valence-electron chi connectivity index (χ0n) is 11.5. The Bertz CT molecular complexity index is 608. The number of hydrogen-bond donors (Lipinski definition) is 3. The number of aliphatic hydroxyl groups is 2. The van der Waals surface area contributed by atoms with E-state index >= 15 is 0 Å². The van der Waals surface area contributed by atoms with Crippen LogP contribution in [0.2, 0.25) is 0 Å². The quantitative estimate of drug-likeness (QED) is 0.746. The number of hydrogen-bond acceptors (Lipinski definition) is 4. The van der Waals surface area contributed by atoms with Crippen molar-refractivity contribution >= 4 is 16.7 Å². The van der Waals surface area contributed by atoms with Gasteiger partial charge in [0.15, 0.2) is 0 Å². The van der Waals surface area contributed by atoms with Crippen molar-refractivity contribution in [1.82, 2.24) is 9.55 Å². The van der Waals surface area contributed by atoms with Gasteiger partial charge in [-0.15, -0.1) is 0 Å². The number of imidazole rings is 1. The van der Waals surface area contributed by atoms with Crippen LogP contribution in [0.5, 0.6) is 0 Å². The first-order valence-corrected chi connectivity index (χ1v) is 7.22. The molecule has 1 aromatic carbocycles. The summed E-state index contributed by atoms with van der Waals surface area (Å²) in [6, 6.07) is 5.87. The predicted molar refractivity (Wildman–Crippen MR) is 78.1 cm³/mol. The lowest BCUT2D eigenvalue weighted by Crippen LogP contribution is -2.27. The summed E-state index contributed by atoms with van der Waals surface area (Å²) >= 11 is 0. The van der Waals surface area contributed by atoms with Gasteiger partial charge in [-0.25, -0.2) is 4.98 Å². The average molecular weight is 275 g/mol. The molecule has 5 nitrogen and oxygen atoms in total. The van der Waals surface area contributed by atoms with Gasteiger partial charge in [-0.1, -0.05) is 12.8 Å². The number of rotatable bonds is 3. The molecule has 108 valence electrons. The van der Waals surface area contributed by atoms with Crippen LogP contribution in [0.1, 0.15) is 37.5 Å². The summed E-state index contributed by atoms with van der Waals surface area (Å²) in [5.74, 6) is 0.903. The fourth-order valence-electron chi connectivity index (χ4n) is 3.39. The maximum absolute atomic E-state index is 9.62. The number of fused-ring (bicyclic) bond motifs is 1. The number of nitrogens with two attached hydrogens (primary N) is 1. The standard InChI is InChI=1S/C15H21N3O2/c16-11-5-6-14-12(7-11)17-15(9-20)18(14)13-4-2-1-3-10(13)8-19/h5-7,10,13,19-20H,1-4,8-9,16H2. The van der Waals surface area contributed by atoms with Crippen molar-refractivity contribution in [3.63, 3.8) is 0 Å². The molecule has 1 aromatic heterocycles. The monoisotopic (exact) mass is 275 g/mol. The first kappa shape index (κ1) is 13.4. The lowest BCUT2D eigenvalue weighted by molar-refractivity contribution is 0.135. The van der Waals surface area contributed by atoms with Crippen molar-refractivity contribution in [2.24, 2.45) is 5.92 Å². The van der Waals surface area contributed by atoms with Crippen molar-refractivity contribution in [3.8, 4) is 0 Å². The molecule has 1 heterocycles. The van der Waals surface area contributed by atoms with Crippen LogP contribution in [-0.4, -0.2) is 26.4 Å². The molecule has 0 radical (unpaired) electrons. The molecular weight excluding hydrogens is 254 g/mol. The molecule has 1 aliphatic rings. The van der Waals surface area contributed by atoms with E-state index in [2.05, 4.69) is 9.55 Å². The summed E-state index contributed by atoms with van der Waals surface area (Å²) in [4.78, 5) is 4.49. The van der Waals surface area contributed by atoms with Gasteiger partial charge in [-0.2, -0.15) is 0 Å². The number of aromatic nitrogens is 2. The molecule has 0 spiro atoms. The second-order valence-electron chi connectivity index (χ2n) is 5.60. The van der Waals surface area contributed by atoms with Crippen molar-refractivity contribution < 1.29 is 10.2 Å². The molecule has 2 atom stereocenters. The van der Waals surface area contributed by atoms with Crippen LogP contribution in [0.15, 0.2) is 18.2 Å². The summed E-state index contributed by atoms with van der Waals surface area (Å²) in [6.07, 6.45) is 4.37. The summed E-state index contributed by atoms with van der Waals surface area (Å²) < 4.78 is 2.11. The van der Waals surface area contributed by atoms with Crippen LogP contribution < -0.4 is 5.73 Å². The van der Waals surface area contributed by atoms with Crippen LogP contribution in [0, 0.1) is 5.92 Å². The minimum absolute atomic E-state index is 0.0940. The topological polar surface area (TPSA) is 84.3 Å². The Morgan fingerprint density at radius 3 is 2.80 bits per heavy atom. The Balaban J connectivity index is 2.13. The Morgan fingerprint density at radius 2 is 2.05 bits per heavy atom. The van der Waals surface area contributed by atoms with Crippen molar-refractivity contribution in [2.45, 2.75) is 38.3 Å². The predicted octanol–water partition coefficient (Wildman–Crippen LogP) is 1.83. The fourth-order valence-corrected chi connectivity index (χ4v) is 3.39. The van der Waals surface area contributed by atoms with Gasteiger partial charge >= 0.3 is 0 Å². The summed E-state index contributed by atoms with van der Waals surface area (Å²) in [6.45, 7) is 0.0907. The van der Waals surface area contributed by atoms with Gasteiger partial charge in [0, 0.05) is 24.3 Å². The number of nitrogen functional groups attached to an aromatic ring is 1. The van der Waals surface area contributed by atoms with Gasteiger partial charge in [-0.05, 0) is 31.0 Å². The third-order valence-electron chi connectivity index (χ3n) is 4.36. The average Bonchev–Trinajstić information content (AvgIpc) is 2.84. The summed E-state index contributed by atoms with van der Waals surface area (Å²) in [5.41, 5.74) is 8.29. The van der Waals surface area contributed by atoms with Crippen LogP contribution in [-0.2, 0) is 6.61 Å². The van der Waals surface area contributed by atoms with E-state index in [1.807, 2.05) is 18.2 Å². The van der Waals surface area contributed by atoms with E-state index in [1.165, 1.54) is 0 Å². The molecular formula is C15H21N3O2. The molecule has 20 heavy (non-hydrogen) atoms. The Labute approximate surface area is 118 Å². The molecule has 2 aromatic rings. The fraction of sp³-hybridized carbons (Fsp3) is 0.533. The zero-order chi connectivity index (χ0) is 14.1. The molecule has 4 N–H and O–H groups in total. The van der Waals surface area contributed by atoms with E-state index in [9.17, 15) is 10.2 Å². The Morgan fingerprint density at radius 1 is 1.25 bits per heavy atom. The molecule has 2 unspecified atom stereocenters. The highest BCUT2D eigenvalue weighted by Gasteiger charge is 2.29. The van der Waals surface area contributed by atoms with Crippen LogP contribution in [0.3, 0.4) is 0 Å². The number of benzene rings is 1. The van der Waals surface area contributed by atoms with Gasteiger partial charge in [0.1, 0.15) is 12.4 Å². The van der Waals surface area contributed by atoms with E-state index in [0.717, 1.165) is 36.7 Å². The normalized spacial score (nSPS) is 23.3. The largest absolute Gasteiger partial charge is 0.399 e. The maximum atomic E-state index is 9.62. The molecule has 1 aliphatic carbocycles. The second-order valence-corrected chi connectivity index (χ2v) is 5.60. The van der Waals surface area contributed by atoms with E-state index in [0.29, 0.717) is 11.5 Å². The highest BCUT2D eigenvalue weighted by molar-refractivity contribution is 5.79. The molecule has 1 fully saturated rings. The van der Waals surface area contributed by atoms with E-state index < -0.39 is 0 Å². The lowest BCUT2D eigenvalue weighted by Gasteiger charge is -2.32. The van der Waals surface area contributed by atoms with Crippen LogP contribution in [0.4, 0.5) is 5.69 Å². The molecule has 5 heteroatoms. The van der Waals surface area contributed by atoms with Crippen molar-refractivity contribution in [3.05, 3.63) is 24.0 Å². The third kappa shape index (κ3) is 2.17. The molecule has 3 rings (SSSR count). The summed E-state index contributed by atoms with van der Waals surface area (Å²) in [5, 5.41) is 19.2. The number of anilines is 1. The molecule has 0 aliphatic heterocycles. The van der Waals surface area contributed by atoms with Gasteiger partial charge in [-0.3, -0.25) is 0 Å². The molecule has 0 saturated heterocycles. The molecule has 0 bridgehead atoms. The minimum atomic E-state index is -0.0940. The minimum Gasteiger partial charge on any atom is -0.399 e. The lowest BCUT2D eigenvalue weighted by atomic mass is 9.84. The number of nitrogens with zero attached hydrogens (tertiary/aromatic N) is 2. The van der Waals surface area contributed by atoms with Crippen LogP contribution in [0.25, 0.3) is 11.0 Å². The Hall–Kier alpha value is -1.59. The zero-order valence-corrected chi connectivity index (χ0v) is 11.5. The van der Waals surface area contributed by atoms with E-state index in [4.69, 9.17) is 5.73 Å². The first-order valence-electron chi connectivity index (χ1n) is 7.22. The van der Waals surface area contributed by atoms with Crippen molar-refractivity contribution in [2.75, 3.05) is 12.3 Å². The SMILES string of the molecule is Nc1ccc2c(c1)nc(CO)n2C1CCCCC1CO. The highest BCUT2D eigenvalue weighted by atomic mass is 16.3. The summed E-state index contributed by atoms with van der Waals surface area (Å²) in [7, 11) is 0. The highest BCUT2D eigenvalue weighted by Crippen LogP contribution is 2.37. The van der Waals surface area contributed by atoms with Crippen molar-refractivity contribution in [1.29, 1.82) is 0 Å². The van der Waals surface area contributed by atoms with Gasteiger partial charge in [0.2, 0.25) is 0 Å². The van der Waals surface area contributed by atoms with Gasteiger partial charge < -0.3 is 20.5 Å². The number of aliphatic hydroxyl groups excluding tert-OH is 2. The van der Waals surface area contributed by atoms with Gasteiger partial charge in [0.25, 0.3) is 0 Å². The second kappa shape index (κ2) is 5.42. The van der Waals surface area contributed by atoms with E-state index in [-0.39, 0.29) is 25.2 Å². The Kier molecular flexibility index (Phi) is 3.63. The van der Waals surface area contributed by atoms with E-state index in [1.54, 1.807) is 0 Å². The molecule has 1 saturated carbocycles. The van der Waals surface area contributed by atoms with Crippen LogP contribution >= 0.6 is 0 Å². The third-order valence-corrected chi connectivity index (χ3v) is 4.36. The first-order chi connectivity index (χ1) is 9.74. The smallest absolute Gasteiger partial charge is 0.135 e. The maximum Gasteiger partial charge on any atom is 0.135 e. The molecule has 0 amide bonds.